The molecule has 1 unspecified atom stereocenters. The lowest BCUT2D eigenvalue weighted by Crippen LogP contribution is -2.49. The molecular formula is C13H25NO3. The molecule has 1 aliphatic rings. The summed E-state index contributed by atoms with van der Waals surface area (Å²) < 4.78 is 5.39. The van der Waals surface area contributed by atoms with Crippen LogP contribution in [0.3, 0.4) is 0 Å². The summed E-state index contributed by atoms with van der Waals surface area (Å²) in [6, 6.07) is 0. The van der Waals surface area contributed by atoms with Crippen molar-refractivity contribution in [3.63, 3.8) is 0 Å². The third-order valence-corrected chi connectivity index (χ3v) is 3.37. The quantitative estimate of drug-likeness (QED) is 0.773. The highest BCUT2D eigenvalue weighted by Gasteiger charge is 2.41. The predicted octanol–water partition coefficient (Wildman–Crippen LogP) is 1.85. The first-order chi connectivity index (χ1) is 8.00. The molecule has 1 atom stereocenters. The van der Waals surface area contributed by atoms with Gasteiger partial charge in [0, 0.05) is 19.7 Å². The normalized spacial score (nSPS) is 25.5. The highest BCUT2D eigenvalue weighted by molar-refractivity contribution is 5.75. The highest BCUT2D eigenvalue weighted by atomic mass is 16.5. The molecule has 1 rings (SSSR count). The van der Waals surface area contributed by atoms with Crippen molar-refractivity contribution in [2.45, 2.75) is 33.6 Å². The molecule has 4 nitrogen and oxygen atoms in total. The van der Waals surface area contributed by atoms with Crippen LogP contribution in [0.4, 0.5) is 0 Å². The van der Waals surface area contributed by atoms with E-state index in [1.165, 1.54) is 0 Å². The second-order valence-corrected chi connectivity index (χ2v) is 5.46. The molecule has 0 aromatic rings. The minimum absolute atomic E-state index is 0.358. The van der Waals surface area contributed by atoms with Gasteiger partial charge >= 0.3 is 5.97 Å². The van der Waals surface area contributed by atoms with Gasteiger partial charge < -0.3 is 14.7 Å². The van der Waals surface area contributed by atoms with Crippen LogP contribution in [0.1, 0.15) is 33.6 Å². The number of hydrogen-bond acceptors (Lipinski definition) is 3. The van der Waals surface area contributed by atoms with Gasteiger partial charge in [-0.05, 0) is 25.3 Å². The van der Waals surface area contributed by atoms with Gasteiger partial charge in [0.1, 0.15) is 5.41 Å². The first-order valence-electron chi connectivity index (χ1n) is 6.53. The minimum atomic E-state index is -0.709. The van der Waals surface area contributed by atoms with Gasteiger partial charge in [0.2, 0.25) is 0 Å². The Labute approximate surface area is 104 Å². The number of ether oxygens (including phenoxy) is 1. The summed E-state index contributed by atoms with van der Waals surface area (Å²) in [5, 5.41) is 9.46. The van der Waals surface area contributed by atoms with Crippen molar-refractivity contribution in [2.75, 3.05) is 32.8 Å². The highest BCUT2D eigenvalue weighted by Crippen LogP contribution is 2.30. The van der Waals surface area contributed by atoms with Crippen molar-refractivity contribution >= 4 is 5.97 Å². The Bertz CT molecular complexity index is 247. The Kier molecular flexibility index (Phi) is 5.40. The van der Waals surface area contributed by atoms with E-state index in [1.54, 1.807) is 0 Å². The van der Waals surface area contributed by atoms with Gasteiger partial charge in [-0.2, -0.15) is 0 Å². The van der Waals surface area contributed by atoms with Crippen molar-refractivity contribution < 1.29 is 14.6 Å². The number of aliphatic carboxylic acids is 1. The van der Waals surface area contributed by atoms with Crippen molar-refractivity contribution in [3.8, 4) is 0 Å². The molecule has 0 aromatic heterocycles. The van der Waals surface area contributed by atoms with Gasteiger partial charge in [-0.15, -0.1) is 0 Å². The van der Waals surface area contributed by atoms with Gasteiger partial charge in [-0.25, -0.2) is 0 Å². The van der Waals surface area contributed by atoms with Crippen LogP contribution in [-0.4, -0.2) is 48.8 Å². The van der Waals surface area contributed by atoms with Gasteiger partial charge in [0.05, 0.1) is 6.61 Å². The summed E-state index contributed by atoms with van der Waals surface area (Å²) in [6.45, 7) is 9.92. The molecule has 0 amide bonds. The smallest absolute Gasteiger partial charge is 0.313 e. The molecule has 0 bridgehead atoms. The number of nitrogens with zero attached hydrogens (tertiary/aromatic N) is 1. The lowest BCUT2D eigenvalue weighted by atomic mass is 9.82. The summed E-state index contributed by atoms with van der Waals surface area (Å²) in [4.78, 5) is 13.7. The SMILES string of the molecule is CCN(CC(C)C)CC1(C(=O)O)CCCOC1. The van der Waals surface area contributed by atoms with Crippen LogP contribution in [-0.2, 0) is 9.53 Å². The van der Waals surface area contributed by atoms with Crippen molar-refractivity contribution in [1.29, 1.82) is 0 Å². The summed E-state index contributed by atoms with van der Waals surface area (Å²) in [5.41, 5.74) is -0.691. The fraction of sp³-hybridized carbons (Fsp3) is 0.923. The van der Waals surface area contributed by atoms with Crippen LogP contribution >= 0.6 is 0 Å². The number of carboxylic acids is 1. The van der Waals surface area contributed by atoms with Gasteiger partial charge in [0.15, 0.2) is 0 Å². The summed E-state index contributed by atoms with van der Waals surface area (Å²) >= 11 is 0. The molecule has 17 heavy (non-hydrogen) atoms. The fourth-order valence-corrected chi connectivity index (χ4v) is 2.46. The van der Waals surface area contributed by atoms with Crippen molar-refractivity contribution in [3.05, 3.63) is 0 Å². The molecular weight excluding hydrogens is 218 g/mol. The van der Waals surface area contributed by atoms with E-state index in [9.17, 15) is 9.90 Å². The zero-order chi connectivity index (χ0) is 12.9. The van der Waals surface area contributed by atoms with E-state index < -0.39 is 11.4 Å². The average molecular weight is 243 g/mol. The Hall–Kier alpha value is -0.610. The van der Waals surface area contributed by atoms with E-state index in [0.29, 0.717) is 25.7 Å². The second kappa shape index (κ2) is 6.36. The summed E-state index contributed by atoms with van der Waals surface area (Å²) in [6.07, 6.45) is 1.59. The van der Waals surface area contributed by atoms with Gasteiger partial charge in [0.25, 0.3) is 0 Å². The topological polar surface area (TPSA) is 49.8 Å². The van der Waals surface area contributed by atoms with E-state index in [-0.39, 0.29) is 0 Å². The monoisotopic (exact) mass is 243 g/mol. The van der Waals surface area contributed by atoms with E-state index in [2.05, 4.69) is 25.7 Å². The van der Waals surface area contributed by atoms with E-state index >= 15 is 0 Å². The minimum Gasteiger partial charge on any atom is -0.481 e. The molecule has 1 aliphatic heterocycles. The number of carbonyl (C=O) groups is 1. The van der Waals surface area contributed by atoms with Crippen LogP contribution in [0.25, 0.3) is 0 Å². The first kappa shape index (κ1) is 14.5. The number of hydrogen-bond donors (Lipinski definition) is 1. The molecule has 0 aromatic carbocycles. The summed E-state index contributed by atoms with van der Waals surface area (Å²) in [5.74, 6) is -0.148. The molecule has 4 heteroatoms. The van der Waals surface area contributed by atoms with Crippen LogP contribution in [0.2, 0.25) is 0 Å². The van der Waals surface area contributed by atoms with E-state index in [0.717, 1.165) is 25.9 Å². The fourth-order valence-electron chi connectivity index (χ4n) is 2.46. The molecule has 1 heterocycles. The largest absolute Gasteiger partial charge is 0.481 e. The predicted molar refractivity (Wildman–Crippen MR) is 67.1 cm³/mol. The zero-order valence-electron chi connectivity index (χ0n) is 11.2. The molecule has 100 valence electrons. The Morgan fingerprint density at radius 2 is 2.24 bits per heavy atom. The zero-order valence-corrected chi connectivity index (χ0v) is 11.2. The van der Waals surface area contributed by atoms with Gasteiger partial charge in [-0.1, -0.05) is 20.8 Å². The molecule has 0 saturated carbocycles. The first-order valence-corrected chi connectivity index (χ1v) is 6.53. The number of rotatable bonds is 6. The van der Waals surface area contributed by atoms with Gasteiger partial charge in [-0.3, -0.25) is 4.79 Å². The maximum atomic E-state index is 11.5. The second-order valence-electron chi connectivity index (χ2n) is 5.46. The van der Waals surface area contributed by atoms with Crippen LogP contribution in [0.5, 0.6) is 0 Å². The molecule has 1 saturated heterocycles. The Morgan fingerprint density at radius 1 is 1.53 bits per heavy atom. The lowest BCUT2D eigenvalue weighted by Gasteiger charge is -2.37. The number of carboxylic acid groups (broad SMARTS) is 1. The molecule has 0 aliphatic carbocycles. The Morgan fingerprint density at radius 3 is 2.65 bits per heavy atom. The maximum absolute atomic E-state index is 11.5. The summed E-state index contributed by atoms with van der Waals surface area (Å²) in [7, 11) is 0. The standard InChI is InChI=1S/C13H25NO3/c1-4-14(8-11(2)3)9-13(12(15)16)6-5-7-17-10-13/h11H,4-10H2,1-3H3,(H,15,16). The lowest BCUT2D eigenvalue weighted by molar-refractivity contribution is -0.159. The molecule has 0 spiro atoms. The van der Waals surface area contributed by atoms with Crippen LogP contribution in [0.15, 0.2) is 0 Å². The molecule has 1 fully saturated rings. The maximum Gasteiger partial charge on any atom is 0.313 e. The van der Waals surface area contributed by atoms with Crippen molar-refractivity contribution in [2.24, 2.45) is 11.3 Å². The molecule has 0 radical (unpaired) electrons. The average Bonchev–Trinajstić information content (AvgIpc) is 2.28. The Balaban J connectivity index is 2.67. The van der Waals surface area contributed by atoms with E-state index in [4.69, 9.17) is 4.74 Å². The third-order valence-electron chi connectivity index (χ3n) is 3.37. The van der Waals surface area contributed by atoms with Crippen LogP contribution < -0.4 is 0 Å². The van der Waals surface area contributed by atoms with Crippen molar-refractivity contribution in [1.82, 2.24) is 4.90 Å². The van der Waals surface area contributed by atoms with E-state index in [1.807, 2.05) is 0 Å². The third kappa shape index (κ3) is 3.96. The van der Waals surface area contributed by atoms with Crippen LogP contribution in [0, 0.1) is 11.3 Å². The molecule has 1 N–H and O–H groups in total.